The fourth-order valence-corrected chi connectivity index (χ4v) is 5.52. The first-order valence-electron chi connectivity index (χ1n) is 10.6. The molecule has 0 aliphatic carbocycles. The Morgan fingerprint density at radius 1 is 1.24 bits per heavy atom. The number of fused-ring (bicyclic) bond motifs is 1. The number of esters is 1. The van der Waals surface area contributed by atoms with Crippen LogP contribution in [0.2, 0.25) is 0 Å². The van der Waals surface area contributed by atoms with Crippen LogP contribution in [0.15, 0.2) is 68.0 Å². The highest BCUT2D eigenvalue weighted by atomic mass is 79.9. The van der Waals surface area contributed by atoms with E-state index in [0.29, 0.717) is 38.7 Å². The van der Waals surface area contributed by atoms with E-state index in [9.17, 15) is 9.59 Å². The van der Waals surface area contributed by atoms with E-state index in [-0.39, 0.29) is 5.56 Å². The maximum atomic E-state index is 13.6. The van der Waals surface area contributed by atoms with E-state index in [0.717, 1.165) is 15.6 Å². The molecule has 9 heteroatoms. The summed E-state index contributed by atoms with van der Waals surface area (Å²) >= 11 is 4.80. The Balaban J connectivity index is 1.93. The Hall–Kier alpha value is -3.17. The van der Waals surface area contributed by atoms with Gasteiger partial charge in [-0.15, -0.1) is 0 Å². The first kappa shape index (κ1) is 24.0. The second-order valence-electron chi connectivity index (χ2n) is 7.45. The molecule has 0 saturated carbocycles. The van der Waals surface area contributed by atoms with Gasteiger partial charge < -0.3 is 14.2 Å². The van der Waals surface area contributed by atoms with Gasteiger partial charge in [0.15, 0.2) is 16.3 Å². The molecule has 0 radical (unpaired) electrons. The standard InChI is InChI=1S/C25H23BrN2O5S/c1-5-33-22-17(26)11-15(12-18(22)31-3)13-19-23(29)28-21(16-9-7-6-8-10-16)20(24(30)32-4)14(2)27-25(28)34-19/h6-13,21H,5H2,1-4H3. The van der Waals surface area contributed by atoms with Crippen molar-refractivity contribution in [3.05, 3.63) is 89.0 Å². The van der Waals surface area contributed by atoms with Gasteiger partial charge >= 0.3 is 5.97 Å². The van der Waals surface area contributed by atoms with Gasteiger partial charge in [0.05, 0.1) is 47.1 Å². The molecule has 2 aromatic carbocycles. The van der Waals surface area contributed by atoms with E-state index in [1.807, 2.05) is 49.4 Å². The summed E-state index contributed by atoms with van der Waals surface area (Å²) in [5.41, 5.74) is 2.19. The minimum atomic E-state index is -0.631. The number of rotatable bonds is 6. The molecule has 0 N–H and O–H groups in total. The molecule has 1 atom stereocenters. The lowest BCUT2D eigenvalue weighted by Crippen LogP contribution is -2.39. The van der Waals surface area contributed by atoms with Crippen LogP contribution in [0.1, 0.15) is 31.0 Å². The van der Waals surface area contributed by atoms with E-state index >= 15 is 0 Å². The molecule has 176 valence electrons. The summed E-state index contributed by atoms with van der Waals surface area (Å²) in [5, 5.41) is 0. The van der Waals surface area contributed by atoms with Crippen LogP contribution in [0.25, 0.3) is 6.08 Å². The van der Waals surface area contributed by atoms with Crippen LogP contribution in [-0.4, -0.2) is 31.4 Å². The predicted octanol–water partition coefficient (Wildman–Crippen LogP) is 3.58. The molecule has 2 heterocycles. The molecule has 1 aliphatic heterocycles. The zero-order valence-corrected chi connectivity index (χ0v) is 21.5. The number of methoxy groups -OCH3 is 2. The monoisotopic (exact) mass is 542 g/mol. The fourth-order valence-electron chi connectivity index (χ4n) is 3.90. The molecule has 1 unspecified atom stereocenters. The van der Waals surface area contributed by atoms with Crippen LogP contribution in [0.4, 0.5) is 0 Å². The van der Waals surface area contributed by atoms with Gasteiger partial charge in [-0.1, -0.05) is 41.7 Å². The summed E-state index contributed by atoms with van der Waals surface area (Å²) in [4.78, 5) is 31.4. The highest BCUT2D eigenvalue weighted by molar-refractivity contribution is 9.10. The highest BCUT2D eigenvalue weighted by Crippen LogP contribution is 2.37. The minimum absolute atomic E-state index is 0.240. The summed E-state index contributed by atoms with van der Waals surface area (Å²) in [6, 6.07) is 12.5. The summed E-state index contributed by atoms with van der Waals surface area (Å²) in [6.45, 7) is 4.15. The molecule has 7 nitrogen and oxygen atoms in total. The van der Waals surface area contributed by atoms with Crippen LogP contribution < -0.4 is 24.4 Å². The van der Waals surface area contributed by atoms with Gasteiger partial charge in [-0.2, -0.15) is 0 Å². The third kappa shape index (κ3) is 4.33. The molecule has 34 heavy (non-hydrogen) atoms. The SMILES string of the molecule is CCOc1c(Br)cc(C=c2sc3n(c2=O)C(c2ccccc2)C(C(=O)OC)=C(C)N=3)cc1OC. The molecule has 0 spiro atoms. The third-order valence-corrected chi connectivity index (χ3v) is 6.95. The van der Waals surface area contributed by atoms with Gasteiger partial charge in [-0.05, 0) is 59.1 Å². The molecule has 0 saturated heterocycles. The van der Waals surface area contributed by atoms with Gasteiger partial charge in [-0.25, -0.2) is 9.79 Å². The molecule has 0 fully saturated rings. The molecule has 4 rings (SSSR count). The predicted molar refractivity (Wildman–Crippen MR) is 134 cm³/mol. The molecule has 1 aromatic heterocycles. The van der Waals surface area contributed by atoms with Crippen molar-refractivity contribution in [1.82, 2.24) is 4.57 Å². The molecular formula is C25H23BrN2O5S. The number of allylic oxidation sites excluding steroid dienone is 1. The summed E-state index contributed by atoms with van der Waals surface area (Å²) in [6.07, 6.45) is 1.78. The average Bonchev–Trinajstić information content (AvgIpc) is 3.14. The van der Waals surface area contributed by atoms with Crippen molar-refractivity contribution in [3.8, 4) is 11.5 Å². The maximum absolute atomic E-state index is 13.6. The Morgan fingerprint density at radius 3 is 2.62 bits per heavy atom. The Kier molecular flexibility index (Phi) is 7.04. The Morgan fingerprint density at radius 2 is 1.97 bits per heavy atom. The lowest BCUT2D eigenvalue weighted by molar-refractivity contribution is -0.136. The number of aromatic nitrogens is 1. The molecule has 3 aromatic rings. The van der Waals surface area contributed by atoms with Crippen LogP contribution >= 0.6 is 27.3 Å². The summed E-state index contributed by atoms with van der Waals surface area (Å²) in [5.74, 6) is 0.650. The largest absolute Gasteiger partial charge is 0.493 e. The molecular weight excluding hydrogens is 520 g/mol. The number of nitrogens with zero attached hydrogens (tertiary/aromatic N) is 2. The third-order valence-electron chi connectivity index (χ3n) is 5.38. The number of hydrogen-bond acceptors (Lipinski definition) is 7. The van der Waals surface area contributed by atoms with Crippen molar-refractivity contribution in [2.75, 3.05) is 20.8 Å². The van der Waals surface area contributed by atoms with Crippen LogP contribution in [0.5, 0.6) is 11.5 Å². The van der Waals surface area contributed by atoms with E-state index in [4.69, 9.17) is 14.2 Å². The molecule has 1 aliphatic rings. The number of carbonyl (C=O) groups excluding carboxylic acids is 1. The van der Waals surface area contributed by atoms with Gasteiger partial charge in [0.2, 0.25) is 0 Å². The van der Waals surface area contributed by atoms with E-state index in [1.54, 1.807) is 24.7 Å². The van der Waals surface area contributed by atoms with Crippen molar-refractivity contribution in [1.29, 1.82) is 0 Å². The number of carbonyl (C=O) groups is 1. The Labute approximate surface area is 208 Å². The highest BCUT2D eigenvalue weighted by Gasteiger charge is 2.32. The van der Waals surface area contributed by atoms with Crippen molar-refractivity contribution in [2.24, 2.45) is 4.99 Å². The van der Waals surface area contributed by atoms with E-state index in [1.165, 1.54) is 18.4 Å². The summed E-state index contributed by atoms with van der Waals surface area (Å²) < 4.78 is 18.9. The first-order chi connectivity index (χ1) is 16.4. The first-order valence-corrected chi connectivity index (χ1v) is 12.2. The van der Waals surface area contributed by atoms with Gasteiger partial charge in [0.1, 0.15) is 0 Å². The average molecular weight is 543 g/mol. The quantitative estimate of drug-likeness (QED) is 0.445. The van der Waals surface area contributed by atoms with E-state index in [2.05, 4.69) is 20.9 Å². The maximum Gasteiger partial charge on any atom is 0.338 e. The topological polar surface area (TPSA) is 79.1 Å². The van der Waals surface area contributed by atoms with Crippen molar-refractivity contribution >= 4 is 39.3 Å². The second-order valence-corrected chi connectivity index (χ2v) is 9.31. The number of hydrogen-bond donors (Lipinski definition) is 0. The second kappa shape index (κ2) is 9.99. The number of halogens is 1. The minimum Gasteiger partial charge on any atom is -0.493 e. The number of ether oxygens (including phenoxy) is 3. The Bertz CT molecular complexity index is 1460. The van der Waals surface area contributed by atoms with Crippen molar-refractivity contribution in [3.63, 3.8) is 0 Å². The normalized spacial score (nSPS) is 15.6. The zero-order chi connectivity index (χ0) is 24.4. The van der Waals surface area contributed by atoms with E-state index < -0.39 is 12.0 Å². The smallest absolute Gasteiger partial charge is 0.338 e. The van der Waals surface area contributed by atoms with Gasteiger partial charge in [-0.3, -0.25) is 9.36 Å². The van der Waals surface area contributed by atoms with Gasteiger partial charge in [0.25, 0.3) is 5.56 Å². The van der Waals surface area contributed by atoms with Crippen LogP contribution in [0.3, 0.4) is 0 Å². The zero-order valence-electron chi connectivity index (χ0n) is 19.1. The molecule has 0 bridgehead atoms. The van der Waals surface area contributed by atoms with Crippen LogP contribution in [0, 0.1) is 0 Å². The van der Waals surface area contributed by atoms with Crippen LogP contribution in [-0.2, 0) is 9.53 Å². The number of benzene rings is 2. The number of thiazole rings is 1. The molecule has 0 amide bonds. The fraction of sp³-hybridized carbons (Fsp3) is 0.240. The lowest BCUT2D eigenvalue weighted by atomic mass is 9.96. The lowest BCUT2D eigenvalue weighted by Gasteiger charge is -2.24. The van der Waals surface area contributed by atoms with Crippen molar-refractivity contribution in [2.45, 2.75) is 19.9 Å². The van der Waals surface area contributed by atoms with Crippen molar-refractivity contribution < 1.29 is 19.0 Å². The van der Waals surface area contributed by atoms with Gasteiger partial charge in [0, 0.05) is 0 Å². The summed E-state index contributed by atoms with van der Waals surface area (Å²) in [7, 11) is 2.89.